The first-order valence-corrected chi connectivity index (χ1v) is 5.64. The number of hydrogen-bond donors (Lipinski definition) is 1. The molecule has 0 atom stereocenters. The van der Waals surface area contributed by atoms with Crippen LogP contribution >= 0.6 is 0 Å². The molecule has 0 unspecified atom stereocenters. The minimum atomic E-state index is 0.789. The van der Waals surface area contributed by atoms with Crippen molar-refractivity contribution in [2.24, 2.45) is 0 Å². The number of fused-ring (bicyclic) bond motifs is 1. The fourth-order valence-electron chi connectivity index (χ4n) is 1.88. The minimum absolute atomic E-state index is 0.789. The van der Waals surface area contributed by atoms with Gasteiger partial charge in [-0.05, 0) is 24.3 Å². The Morgan fingerprint density at radius 1 is 1.00 bits per heavy atom. The van der Waals surface area contributed by atoms with Crippen LogP contribution in [0.5, 0.6) is 0 Å². The van der Waals surface area contributed by atoms with E-state index >= 15 is 0 Å². The average Bonchev–Trinajstić information content (AvgIpc) is 2.81. The first-order valence-electron chi connectivity index (χ1n) is 5.64. The van der Waals surface area contributed by atoms with Gasteiger partial charge in [0.2, 0.25) is 0 Å². The number of aromatic nitrogens is 2. The molecule has 2 heterocycles. The molecule has 1 aromatic carbocycles. The molecule has 3 heteroatoms. The average molecular weight is 223 g/mol. The second kappa shape index (κ2) is 4.29. The molecule has 0 spiro atoms. The lowest BCUT2D eigenvalue weighted by Gasteiger charge is -2.04. The normalized spacial score (nSPS) is 10.6. The summed E-state index contributed by atoms with van der Waals surface area (Å²) in [7, 11) is 0. The molecule has 0 bridgehead atoms. The molecule has 0 fully saturated rings. The van der Waals surface area contributed by atoms with E-state index in [2.05, 4.69) is 28.6 Å². The lowest BCUT2D eigenvalue weighted by Crippen LogP contribution is -1.98. The zero-order valence-electron chi connectivity index (χ0n) is 9.38. The molecule has 3 aromatic rings. The minimum Gasteiger partial charge on any atom is -0.381 e. The Bertz CT molecular complexity index is 613. The standard InChI is InChI=1S/C14H13N3/c1-2-6-13(7-3-1)15-10-12-11-16-17-9-5-4-8-14(12)17/h1-9,11,15H,10H2. The van der Waals surface area contributed by atoms with Crippen LogP contribution in [0.3, 0.4) is 0 Å². The molecule has 84 valence electrons. The monoisotopic (exact) mass is 223 g/mol. The lowest BCUT2D eigenvalue weighted by atomic mass is 10.2. The zero-order valence-corrected chi connectivity index (χ0v) is 9.38. The zero-order chi connectivity index (χ0) is 11.5. The van der Waals surface area contributed by atoms with Crippen LogP contribution in [-0.4, -0.2) is 9.61 Å². The third-order valence-corrected chi connectivity index (χ3v) is 2.76. The molecule has 0 aliphatic carbocycles. The Morgan fingerprint density at radius 3 is 2.71 bits per heavy atom. The summed E-state index contributed by atoms with van der Waals surface area (Å²) in [6, 6.07) is 16.3. The predicted molar refractivity (Wildman–Crippen MR) is 69.0 cm³/mol. The van der Waals surface area contributed by atoms with Crippen LogP contribution < -0.4 is 5.32 Å². The third kappa shape index (κ3) is 1.99. The number of benzene rings is 1. The number of nitrogens with zero attached hydrogens (tertiary/aromatic N) is 2. The highest BCUT2D eigenvalue weighted by atomic mass is 15.2. The summed E-state index contributed by atoms with van der Waals surface area (Å²) in [5.41, 5.74) is 3.48. The van der Waals surface area contributed by atoms with Crippen molar-refractivity contribution in [3.05, 3.63) is 66.5 Å². The highest BCUT2D eigenvalue weighted by Gasteiger charge is 2.02. The number of rotatable bonds is 3. The molecule has 1 N–H and O–H groups in total. The van der Waals surface area contributed by atoms with Gasteiger partial charge in [-0.3, -0.25) is 0 Å². The van der Waals surface area contributed by atoms with E-state index in [1.54, 1.807) is 0 Å². The fourth-order valence-corrected chi connectivity index (χ4v) is 1.88. The third-order valence-electron chi connectivity index (χ3n) is 2.76. The van der Waals surface area contributed by atoms with Gasteiger partial charge in [0.05, 0.1) is 11.7 Å². The second-order valence-corrected chi connectivity index (χ2v) is 3.92. The number of para-hydroxylation sites is 1. The Kier molecular flexibility index (Phi) is 2.50. The van der Waals surface area contributed by atoms with E-state index in [0.717, 1.165) is 17.7 Å². The Balaban J connectivity index is 1.82. The maximum atomic E-state index is 4.31. The Hall–Kier alpha value is -2.29. The SMILES string of the molecule is c1ccc(NCc2cnn3ccccc23)cc1. The number of anilines is 1. The van der Waals surface area contributed by atoms with Gasteiger partial charge < -0.3 is 5.32 Å². The van der Waals surface area contributed by atoms with Gasteiger partial charge in [0.15, 0.2) is 0 Å². The van der Waals surface area contributed by atoms with E-state index in [9.17, 15) is 0 Å². The highest BCUT2D eigenvalue weighted by molar-refractivity contribution is 5.55. The molecule has 3 rings (SSSR count). The molecule has 0 aliphatic heterocycles. The summed E-state index contributed by atoms with van der Waals surface area (Å²) in [4.78, 5) is 0. The van der Waals surface area contributed by atoms with Gasteiger partial charge in [-0.25, -0.2) is 4.52 Å². The Morgan fingerprint density at radius 2 is 1.82 bits per heavy atom. The molecule has 0 amide bonds. The molecule has 0 saturated carbocycles. The van der Waals surface area contributed by atoms with Gasteiger partial charge in [-0.1, -0.05) is 24.3 Å². The van der Waals surface area contributed by atoms with Gasteiger partial charge in [-0.15, -0.1) is 0 Å². The topological polar surface area (TPSA) is 29.3 Å². The van der Waals surface area contributed by atoms with Crippen molar-refractivity contribution in [2.75, 3.05) is 5.32 Å². The van der Waals surface area contributed by atoms with Crippen LogP contribution in [0.25, 0.3) is 5.52 Å². The van der Waals surface area contributed by atoms with Crippen molar-refractivity contribution in [3.8, 4) is 0 Å². The quantitative estimate of drug-likeness (QED) is 0.739. The van der Waals surface area contributed by atoms with Gasteiger partial charge in [0, 0.05) is 24.0 Å². The first kappa shape index (κ1) is 9.90. The second-order valence-electron chi connectivity index (χ2n) is 3.92. The van der Waals surface area contributed by atoms with Crippen LogP contribution in [0, 0.1) is 0 Å². The van der Waals surface area contributed by atoms with Crippen molar-refractivity contribution in [2.45, 2.75) is 6.54 Å². The van der Waals surface area contributed by atoms with Gasteiger partial charge >= 0.3 is 0 Å². The van der Waals surface area contributed by atoms with Gasteiger partial charge in [0.1, 0.15) is 0 Å². The van der Waals surface area contributed by atoms with Crippen molar-refractivity contribution in [1.82, 2.24) is 9.61 Å². The summed E-state index contributed by atoms with van der Waals surface area (Å²) < 4.78 is 1.89. The summed E-state index contributed by atoms with van der Waals surface area (Å²) >= 11 is 0. The van der Waals surface area contributed by atoms with Crippen molar-refractivity contribution >= 4 is 11.2 Å². The summed E-state index contributed by atoms with van der Waals surface area (Å²) in [6.07, 6.45) is 3.87. The molecule has 0 radical (unpaired) electrons. The first-order chi connectivity index (χ1) is 8.43. The lowest BCUT2D eigenvalue weighted by molar-refractivity contribution is 0.961. The van der Waals surface area contributed by atoms with Crippen molar-refractivity contribution in [3.63, 3.8) is 0 Å². The number of pyridine rings is 1. The molecular weight excluding hydrogens is 210 g/mol. The van der Waals surface area contributed by atoms with Crippen molar-refractivity contribution in [1.29, 1.82) is 0 Å². The van der Waals surface area contributed by atoms with Gasteiger partial charge in [-0.2, -0.15) is 5.10 Å². The molecule has 0 aliphatic rings. The van der Waals surface area contributed by atoms with E-state index < -0.39 is 0 Å². The highest BCUT2D eigenvalue weighted by Crippen LogP contribution is 2.12. The van der Waals surface area contributed by atoms with Gasteiger partial charge in [0.25, 0.3) is 0 Å². The van der Waals surface area contributed by atoms with Crippen LogP contribution in [0.15, 0.2) is 60.9 Å². The summed E-state index contributed by atoms with van der Waals surface area (Å²) in [5, 5.41) is 7.69. The fraction of sp³-hybridized carbons (Fsp3) is 0.0714. The largest absolute Gasteiger partial charge is 0.381 e. The van der Waals surface area contributed by atoms with E-state index in [0.29, 0.717) is 0 Å². The van der Waals surface area contributed by atoms with Crippen LogP contribution in [0.4, 0.5) is 5.69 Å². The molecule has 3 nitrogen and oxygen atoms in total. The molecule has 17 heavy (non-hydrogen) atoms. The van der Waals surface area contributed by atoms with E-state index in [1.165, 1.54) is 5.56 Å². The number of hydrogen-bond acceptors (Lipinski definition) is 2. The molecule has 0 saturated heterocycles. The van der Waals surface area contributed by atoms with E-state index in [-0.39, 0.29) is 0 Å². The summed E-state index contributed by atoms with van der Waals surface area (Å²) in [6.45, 7) is 0.789. The molecular formula is C14H13N3. The van der Waals surface area contributed by atoms with Crippen LogP contribution in [-0.2, 0) is 6.54 Å². The maximum Gasteiger partial charge on any atom is 0.0711 e. The van der Waals surface area contributed by atoms with Crippen molar-refractivity contribution < 1.29 is 0 Å². The van der Waals surface area contributed by atoms with Crippen LogP contribution in [0.2, 0.25) is 0 Å². The number of nitrogens with one attached hydrogen (secondary N) is 1. The molecule has 2 aromatic heterocycles. The maximum absolute atomic E-state index is 4.31. The smallest absolute Gasteiger partial charge is 0.0711 e. The van der Waals surface area contributed by atoms with E-state index in [1.807, 2.05) is 47.2 Å². The predicted octanol–water partition coefficient (Wildman–Crippen LogP) is 2.95. The van der Waals surface area contributed by atoms with Crippen LogP contribution in [0.1, 0.15) is 5.56 Å². The van der Waals surface area contributed by atoms with E-state index in [4.69, 9.17) is 0 Å². The summed E-state index contributed by atoms with van der Waals surface area (Å²) in [5.74, 6) is 0. The Labute approximate surface area is 99.7 Å².